The van der Waals surface area contributed by atoms with Gasteiger partial charge in [0.05, 0.1) is 0 Å². The second-order valence-electron chi connectivity index (χ2n) is 6.32. The SMILES string of the molecule is Cl.Cl.NC1(c2ccc(C(=O)c3cccc4cnccc34)cc2)CCC1. The number of pyridine rings is 1. The van der Waals surface area contributed by atoms with E-state index in [0.717, 1.165) is 29.2 Å². The fraction of sp³-hybridized carbons (Fsp3) is 0.200. The van der Waals surface area contributed by atoms with Gasteiger partial charge in [0, 0.05) is 34.4 Å². The third kappa shape index (κ3) is 3.40. The van der Waals surface area contributed by atoms with Gasteiger partial charge in [-0.05, 0) is 36.3 Å². The van der Waals surface area contributed by atoms with E-state index in [1.54, 1.807) is 12.4 Å². The number of nitrogens with two attached hydrogens (primary N) is 1. The summed E-state index contributed by atoms with van der Waals surface area (Å²) in [6, 6.07) is 15.4. The number of fused-ring (bicyclic) bond motifs is 1. The van der Waals surface area contributed by atoms with E-state index >= 15 is 0 Å². The molecule has 3 nitrogen and oxygen atoms in total. The number of rotatable bonds is 3. The van der Waals surface area contributed by atoms with E-state index in [1.807, 2.05) is 48.5 Å². The molecule has 0 saturated heterocycles. The predicted molar refractivity (Wildman–Crippen MR) is 106 cm³/mol. The van der Waals surface area contributed by atoms with Gasteiger partial charge < -0.3 is 5.73 Å². The van der Waals surface area contributed by atoms with Gasteiger partial charge >= 0.3 is 0 Å². The molecule has 3 aromatic rings. The highest BCUT2D eigenvalue weighted by Crippen LogP contribution is 2.38. The van der Waals surface area contributed by atoms with Gasteiger partial charge in [0.2, 0.25) is 0 Å². The third-order valence-electron chi connectivity index (χ3n) is 4.89. The van der Waals surface area contributed by atoms with Gasteiger partial charge in [-0.15, -0.1) is 24.8 Å². The third-order valence-corrected chi connectivity index (χ3v) is 4.89. The van der Waals surface area contributed by atoms with Crippen LogP contribution >= 0.6 is 24.8 Å². The Morgan fingerprint density at radius 1 is 1.00 bits per heavy atom. The summed E-state index contributed by atoms with van der Waals surface area (Å²) < 4.78 is 0. The lowest BCUT2D eigenvalue weighted by atomic mass is 9.72. The number of benzene rings is 2. The highest BCUT2D eigenvalue weighted by Gasteiger charge is 2.34. The van der Waals surface area contributed by atoms with Crippen molar-refractivity contribution >= 4 is 41.4 Å². The highest BCUT2D eigenvalue weighted by atomic mass is 35.5. The Kier molecular flexibility index (Phi) is 5.83. The molecule has 2 N–H and O–H groups in total. The van der Waals surface area contributed by atoms with Crippen LogP contribution in [0.2, 0.25) is 0 Å². The number of aromatic nitrogens is 1. The summed E-state index contributed by atoms with van der Waals surface area (Å²) in [5.74, 6) is 0.0352. The van der Waals surface area contributed by atoms with Crippen LogP contribution in [0.1, 0.15) is 40.7 Å². The van der Waals surface area contributed by atoms with Crippen molar-refractivity contribution in [3.05, 3.63) is 77.6 Å². The largest absolute Gasteiger partial charge is 0.321 e. The van der Waals surface area contributed by atoms with Gasteiger partial charge in [-0.3, -0.25) is 9.78 Å². The summed E-state index contributed by atoms with van der Waals surface area (Å²) in [6.45, 7) is 0. The molecule has 1 saturated carbocycles. The van der Waals surface area contributed by atoms with E-state index in [-0.39, 0.29) is 36.1 Å². The topological polar surface area (TPSA) is 56.0 Å². The van der Waals surface area contributed by atoms with Crippen molar-refractivity contribution in [2.45, 2.75) is 24.8 Å². The average Bonchev–Trinajstić information content (AvgIpc) is 2.59. The first kappa shape index (κ1) is 19.4. The number of hydrogen-bond acceptors (Lipinski definition) is 3. The molecule has 130 valence electrons. The molecule has 0 spiro atoms. The molecule has 4 rings (SSSR count). The molecule has 5 heteroatoms. The van der Waals surface area contributed by atoms with Gasteiger partial charge in [0.25, 0.3) is 0 Å². The molecule has 0 amide bonds. The van der Waals surface area contributed by atoms with E-state index in [9.17, 15) is 4.79 Å². The Hall–Kier alpha value is -1.94. The molecule has 1 aliphatic carbocycles. The van der Waals surface area contributed by atoms with Crippen molar-refractivity contribution in [1.82, 2.24) is 4.98 Å². The fourth-order valence-electron chi connectivity index (χ4n) is 3.28. The number of halogens is 2. The number of carbonyl (C=O) groups excluding carboxylic acids is 1. The summed E-state index contributed by atoms with van der Waals surface area (Å²) in [5, 5.41) is 1.91. The molecule has 2 aromatic carbocycles. The fourth-order valence-corrected chi connectivity index (χ4v) is 3.28. The smallest absolute Gasteiger partial charge is 0.193 e. The highest BCUT2D eigenvalue weighted by molar-refractivity contribution is 6.16. The Morgan fingerprint density at radius 2 is 1.72 bits per heavy atom. The van der Waals surface area contributed by atoms with Crippen molar-refractivity contribution in [1.29, 1.82) is 0 Å². The first-order valence-corrected chi connectivity index (χ1v) is 7.94. The number of ketones is 1. The van der Waals surface area contributed by atoms with Crippen LogP contribution < -0.4 is 5.73 Å². The lowest BCUT2D eigenvalue weighted by Crippen LogP contribution is -2.43. The summed E-state index contributed by atoms with van der Waals surface area (Å²) in [7, 11) is 0. The maximum Gasteiger partial charge on any atom is 0.193 e. The Bertz CT molecular complexity index is 884. The van der Waals surface area contributed by atoms with Crippen molar-refractivity contribution in [3.8, 4) is 0 Å². The standard InChI is InChI=1S/C20H18N2O.2ClH/c21-20(10-2-11-20)16-7-5-14(6-8-16)19(23)18-4-1-3-15-13-22-12-9-17(15)18;;/h1,3-9,12-13H,2,10-11,21H2;2*1H. The first-order chi connectivity index (χ1) is 11.2. The van der Waals surface area contributed by atoms with Gasteiger partial charge in [0.15, 0.2) is 5.78 Å². The molecule has 0 radical (unpaired) electrons. The van der Waals surface area contributed by atoms with Crippen LogP contribution in [0.5, 0.6) is 0 Å². The molecule has 1 aliphatic rings. The van der Waals surface area contributed by atoms with Crippen LogP contribution in [0.4, 0.5) is 0 Å². The van der Waals surface area contributed by atoms with E-state index in [4.69, 9.17) is 5.73 Å². The van der Waals surface area contributed by atoms with Crippen molar-refractivity contribution in [2.75, 3.05) is 0 Å². The second kappa shape index (κ2) is 7.52. The monoisotopic (exact) mass is 374 g/mol. The minimum Gasteiger partial charge on any atom is -0.321 e. The molecule has 0 unspecified atom stereocenters. The van der Waals surface area contributed by atoms with Crippen LogP contribution in [0.3, 0.4) is 0 Å². The lowest BCUT2D eigenvalue weighted by Gasteiger charge is -2.38. The molecular formula is C20H20Cl2N2O. The summed E-state index contributed by atoms with van der Waals surface area (Å²) in [4.78, 5) is 17.0. The zero-order valence-corrected chi connectivity index (χ0v) is 15.3. The van der Waals surface area contributed by atoms with Crippen LogP contribution in [-0.4, -0.2) is 10.8 Å². The zero-order chi connectivity index (χ0) is 15.9. The number of hydrogen-bond donors (Lipinski definition) is 1. The van der Waals surface area contributed by atoms with Gasteiger partial charge in [-0.25, -0.2) is 0 Å². The average molecular weight is 375 g/mol. The van der Waals surface area contributed by atoms with Gasteiger partial charge in [0.1, 0.15) is 0 Å². The summed E-state index contributed by atoms with van der Waals surface area (Å²) >= 11 is 0. The van der Waals surface area contributed by atoms with E-state index in [2.05, 4.69) is 4.98 Å². The maximum absolute atomic E-state index is 12.9. The van der Waals surface area contributed by atoms with Crippen LogP contribution in [0, 0.1) is 0 Å². The second-order valence-corrected chi connectivity index (χ2v) is 6.32. The van der Waals surface area contributed by atoms with Crippen LogP contribution in [-0.2, 0) is 5.54 Å². The van der Waals surface area contributed by atoms with Crippen molar-refractivity contribution < 1.29 is 4.79 Å². The number of nitrogens with zero attached hydrogens (tertiary/aromatic N) is 1. The molecule has 1 fully saturated rings. The molecular weight excluding hydrogens is 355 g/mol. The minimum atomic E-state index is -0.188. The Morgan fingerprint density at radius 3 is 2.36 bits per heavy atom. The summed E-state index contributed by atoms with van der Waals surface area (Å²) in [5.41, 5.74) is 8.69. The lowest BCUT2D eigenvalue weighted by molar-refractivity contribution is 0.104. The predicted octanol–water partition coefficient (Wildman–Crippen LogP) is 4.65. The Labute approximate surface area is 159 Å². The molecule has 1 heterocycles. The molecule has 0 bridgehead atoms. The normalized spacial score (nSPS) is 14.8. The van der Waals surface area contributed by atoms with Crippen molar-refractivity contribution in [2.24, 2.45) is 5.73 Å². The minimum absolute atomic E-state index is 0. The van der Waals surface area contributed by atoms with Crippen LogP contribution in [0.15, 0.2) is 60.9 Å². The van der Waals surface area contributed by atoms with Gasteiger partial charge in [-0.2, -0.15) is 0 Å². The molecule has 1 aromatic heterocycles. The molecule has 0 atom stereocenters. The van der Waals surface area contributed by atoms with Crippen molar-refractivity contribution in [3.63, 3.8) is 0 Å². The van der Waals surface area contributed by atoms with E-state index < -0.39 is 0 Å². The van der Waals surface area contributed by atoms with E-state index in [1.165, 1.54) is 6.42 Å². The molecule has 25 heavy (non-hydrogen) atoms. The first-order valence-electron chi connectivity index (χ1n) is 7.94. The molecule has 0 aliphatic heterocycles. The van der Waals surface area contributed by atoms with Crippen LogP contribution in [0.25, 0.3) is 10.8 Å². The maximum atomic E-state index is 12.9. The Balaban J connectivity index is 0.00000113. The zero-order valence-electron chi connectivity index (χ0n) is 13.6. The number of carbonyl (C=O) groups is 1. The van der Waals surface area contributed by atoms with E-state index in [0.29, 0.717) is 11.1 Å². The van der Waals surface area contributed by atoms with Gasteiger partial charge in [-0.1, -0.05) is 42.5 Å². The summed E-state index contributed by atoms with van der Waals surface area (Å²) in [6.07, 6.45) is 6.73. The quantitative estimate of drug-likeness (QED) is 0.678.